The third kappa shape index (κ3) is 8.16. The van der Waals surface area contributed by atoms with E-state index < -0.39 is 6.04 Å². The maximum Gasteiger partial charge on any atom is 0.242 e. The highest BCUT2D eigenvalue weighted by atomic mass is 16.5. The first-order valence-electron chi connectivity index (χ1n) is 12.2. The summed E-state index contributed by atoms with van der Waals surface area (Å²) in [5, 5.41) is 6.56. The lowest BCUT2D eigenvalue weighted by molar-refractivity contribution is -0.132. The van der Waals surface area contributed by atoms with Gasteiger partial charge in [0.1, 0.15) is 11.8 Å². The lowest BCUT2D eigenvalue weighted by atomic mass is 10.1. The molecule has 0 saturated heterocycles. The van der Waals surface area contributed by atoms with Gasteiger partial charge in [-0.05, 0) is 62.4 Å². The number of carbonyl (C=O) groups excluding carboxylic acids is 2. The summed E-state index contributed by atoms with van der Waals surface area (Å²) in [5.41, 5.74) is 2.43. The van der Waals surface area contributed by atoms with Gasteiger partial charge in [-0.1, -0.05) is 38.5 Å². The molecule has 0 bridgehead atoms. The Morgan fingerprint density at radius 2 is 2.03 bits per heavy atom. The van der Waals surface area contributed by atoms with Crippen LogP contribution in [0.4, 0.5) is 0 Å². The fourth-order valence-corrected chi connectivity index (χ4v) is 4.09. The molecule has 0 spiro atoms. The number of allylic oxidation sites excluding steroid dienone is 1. The Kier molecular flexibility index (Phi) is 12.0. The molecule has 0 aromatic heterocycles. The average Bonchev–Trinajstić information content (AvgIpc) is 3.18. The van der Waals surface area contributed by atoms with Crippen molar-refractivity contribution in [2.24, 2.45) is 0 Å². The second kappa shape index (κ2) is 14.7. The van der Waals surface area contributed by atoms with Crippen LogP contribution in [0.2, 0.25) is 0 Å². The van der Waals surface area contributed by atoms with E-state index in [1.165, 1.54) is 16.0 Å². The molecule has 2 amide bonds. The zero-order valence-electron chi connectivity index (χ0n) is 20.6. The molecular formula is C26H41N3O4. The summed E-state index contributed by atoms with van der Waals surface area (Å²) in [6.07, 6.45) is 9.80. The first-order valence-corrected chi connectivity index (χ1v) is 12.2. The van der Waals surface area contributed by atoms with Gasteiger partial charge in [0.05, 0.1) is 19.8 Å². The molecule has 0 heterocycles. The van der Waals surface area contributed by atoms with Crippen LogP contribution in [-0.4, -0.2) is 56.6 Å². The molecule has 0 radical (unpaired) electrons. The van der Waals surface area contributed by atoms with Crippen LogP contribution in [0.1, 0.15) is 76.1 Å². The third-order valence-electron chi connectivity index (χ3n) is 6.02. The summed E-state index contributed by atoms with van der Waals surface area (Å²) >= 11 is 0. The summed E-state index contributed by atoms with van der Waals surface area (Å²) in [6, 6.07) is 5.92. The highest BCUT2D eigenvalue weighted by molar-refractivity contribution is 5.83. The van der Waals surface area contributed by atoms with Crippen LogP contribution in [0, 0.1) is 0 Å². The number of hydrogen-bond donors (Lipinski definition) is 2. The molecule has 0 unspecified atom stereocenters. The molecular weight excluding hydrogens is 418 g/mol. The highest BCUT2D eigenvalue weighted by Gasteiger charge is 2.31. The van der Waals surface area contributed by atoms with Gasteiger partial charge in [-0.15, -0.1) is 0 Å². The van der Waals surface area contributed by atoms with E-state index >= 15 is 0 Å². The molecule has 7 nitrogen and oxygen atoms in total. The largest absolute Gasteiger partial charge is 0.497 e. The van der Waals surface area contributed by atoms with Crippen molar-refractivity contribution < 1.29 is 19.1 Å². The molecule has 2 rings (SSSR count). The van der Waals surface area contributed by atoms with Crippen molar-refractivity contribution in [2.75, 3.05) is 33.4 Å². The van der Waals surface area contributed by atoms with Crippen LogP contribution >= 0.6 is 0 Å². The van der Waals surface area contributed by atoms with Gasteiger partial charge in [-0.2, -0.15) is 0 Å². The number of unbranched alkanes of at least 4 members (excludes halogenated alkanes) is 1. The van der Waals surface area contributed by atoms with E-state index in [2.05, 4.69) is 41.8 Å². The van der Waals surface area contributed by atoms with Gasteiger partial charge >= 0.3 is 0 Å². The summed E-state index contributed by atoms with van der Waals surface area (Å²) in [6.45, 7) is 8.45. The maximum absolute atomic E-state index is 12.3. The number of fused-ring (bicyclic) bond motifs is 1. The zero-order valence-corrected chi connectivity index (χ0v) is 20.6. The topological polar surface area (TPSA) is 79.9 Å². The number of hydrogen-bond acceptors (Lipinski definition) is 5. The van der Waals surface area contributed by atoms with Crippen LogP contribution in [0.5, 0.6) is 5.75 Å². The fourth-order valence-electron chi connectivity index (χ4n) is 4.09. The molecule has 0 fully saturated rings. The van der Waals surface area contributed by atoms with Crippen LogP contribution in [0.25, 0.3) is 0 Å². The summed E-state index contributed by atoms with van der Waals surface area (Å²) in [7, 11) is 1.68. The van der Waals surface area contributed by atoms with Crippen LogP contribution in [0.3, 0.4) is 0 Å². The predicted molar refractivity (Wildman–Crippen MR) is 131 cm³/mol. The number of nitrogens with one attached hydrogen (secondary N) is 2. The lowest BCUT2D eigenvalue weighted by Crippen LogP contribution is -2.45. The molecule has 0 aliphatic heterocycles. The van der Waals surface area contributed by atoms with E-state index in [1.54, 1.807) is 14.0 Å². The first kappa shape index (κ1) is 26.9. The molecule has 1 aromatic rings. The van der Waals surface area contributed by atoms with Gasteiger partial charge in [0.15, 0.2) is 0 Å². The Morgan fingerprint density at radius 1 is 1.21 bits per heavy atom. The van der Waals surface area contributed by atoms with Gasteiger partial charge < -0.3 is 25.0 Å². The van der Waals surface area contributed by atoms with Crippen molar-refractivity contribution in [3.05, 3.63) is 41.5 Å². The maximum atomic E-state index is 12.3. The second-order valence-corrected chi connectivity index (χ2v) is 8.48. The smallest absolute Gasteiger partial charge is 0.242 e. The standard InChI is InChI=1S/C26H41N3O4/c1-5-7-8-9-16-33-25-18-24(23-17-21(32-4)11-12-22(23)25)27-13-10-14-28-26(31)20(3)29(19-30)15-6-2/h8-9,11-12,17,19-20,24-25,27H,5-7,10,13-16,18H2,1-4H3,(H,28,31)/b9-8+/t20-,24-,25+/m0/s1. The number of amides is 2. The van der Waals surface area contributed by atoms with Crippen LogP contribution < -0.4 is 15.4 Å². The van der Waals surface area contributed by atoms with Gasteiger partial charge in [0, 0.05) is 19.1 Å². The number of benzene rings is 1. The molecule has 184 valence electrons. The van der Waals surface area contributed by atoms with Crippen LogP contribution in [-0.2, 0) is 14.3 Å². The van der Waals surface area contributed by atoms with E-state index in [0.717, 1.165) is 50.8 Å². The molecule has 7 heteroatoms. The Hall–Kier alpha value is -2.38. The van der Waals surface area contributed by atoms with Gasteiger partial charge in [0.25, 0.3) is 0 Å². The van der Waals surface area contributed by atoms with E-state index in [-0.39, 0.29) is 18.1 Å². The minimum atomic E-state index is -0.450. The summed E-state index contributed by atoms with van der Waals surface area (Å²) < 4.78 is 11.6. The molecule has 0 saturated carbocycles. The van der Waals surface area contributed by atoms with Crippen LogP contribution in [0.15, 0.2) is 30.4 Å². The normalized spacial score (nSPS) is 18.2. The van der Waals surface area contributed by atoms with Crippen molar-refractivity contribution in [3.63, 3.8) is 0 Å². The Balaban J connectivity index is 1.84. The molecule has 1 aromatic carbocycles. The number of ether oxygens (including phenoxy) is 2. The van der Waals surface area contributed by atoms with Gasteiger partial charge in [0.2, 0.25) is 12.3 Å². The number of carbonyl (C=O) groups is 2. The van der Waals surface area contributed by atoms with Crippen molar-refractivity contribution in [3.8, 4) is 5.75 Å². The zero-order chi connectivity index (χ0) is 24.1. The summed E-state index contributed by atoms with van der Waals surface area (Å²) in [5.74, 6) is 0.730. The van der Waals surface area contributed by atoms with E-state index in [9.17, 15) is 9.59 Å². The van der Waals surface area contributed by atoms with E-state index in [4.69, 9.17) is 9.47 Å². The molecule has 33 heavy (non-hydrogen) atoms. The SMILES string of the molecule is CCC/C=C/CO[C@@H]1C[C@H](NCCCNC(=O)[C@H](C)N(C=O)CCC)c2cc(OC)ccc21. The van der Waals surface area contributed by atoms with Gasteiger partial charge in [-0.25, -0.2) is 0 Å². The van der Waals surface area contributed by atoms with Gasteiger partial charge in [-0.3, -0.25) is 9.59 Å². The number of nitrogens with zero attached hydrogens (tertiary/aromatic N) is 1. The van der Waals surface area contributed by atoms with E-state index in [1.807, 2.05) is 13.0 Å². The Bertz CT molecular complexity index is 768. The average molecular weight is 460 g/mol. The number of methoxy groups -OCH3 is 1. The molecule has 3 atom stereocenters. The summed E-state index contributed by atoms with van der Waals surface area (Å²) in [4.78, 5) is 25.0. The minimum absolute atomic E-state index is 0.0584. The van der Waals surface area contributed by atoms with Crippen molar-refractivity contribution >= 4 is 12.3 Å². The minimum Gasteiger partial charge on any atom is -0.497 e. The second-order valence-electron chi connectivity index (χ2n) is 8.48. The fraction of sp³-hybridized carbons (Fsp3) is 0.615. The highest BCUT2D eigenvalue weighted by Crippen LogP contribution is 2.42. The third-order valence-corrected chi connectivity index (χ3v) is 6.02. The monoisotopic (exact) mass is 459 g/mol. The lowest BCUT2D eigenvalue weighted by Gasteiger charge is -2.23. The number of rotatable bonds is 16. The molecule has 1 aliphatic carbocycles. The quantitative estimate of drug-likeness (QED) is 0.223. The van der Waals surface area contributed by atoms with E-state index in [0.29, 0.717) is 19.7 Å². The Morgan fingerprint density at radius 3 is 2.73 bits per heavy atom. The van der Waals surface area contributed by atoms with Crippen molar-refractivity contribution in [1.29, 1.82) is 0 Å². The van der Waals surface area contributed by atoms with Crippen molar-refractivity contribution in [2.45, 2.75) is 71.1 Å². The van der Waals surface area contributed by atoms with Crippen molar-refractivity contribution in [1.82, 2.24) is 15.5 Å². The molecule has 1 aliphatic rings. The molecule has 2 N–H and O–H groups in total. The predicted octanol–water partition coefficient (Wildman–Crippen LogP) is 3.91. The Labute approximate surface area is 198 Å². The first-order chi connectivity index (χ1) is 16.0.